The quantitative estimate of drug-likeness (QED) is 0.256. The fraction of sp³-hybridized carbons (Fsp3) is 0.379. The topological polar surface area (TPSA) is 102 Å². The van der Waals surface area contributed by atoms with E-state index in [1.165, 1.54) is 0 Å². The Morgan fingerprint density at radius 3 is 2.51 bits per heavy atom. The lowest BCUT2D eigenvalue weighted by Crippen LogP contribution is -2.30. The van der Waals surface area contributed by atoms with Gasteiger partial charge in [-0.2, -0.15) is 0 Å². The number of pyridine rings is 1. The van der Waals surface area contributed by atoms with Crippen molar-refractivity contribution in [1.82, 2.24) is 20.3 Å². The van der Waals surface area contributed by atoms with Crippen LogP contribution in [0.25, 0.3) is 10.9 Å². The number of nitrogens with one attached hydrogen (secondary N) is 2. The Bertz CT molecular complexity index is 1240. The minimum atomic E-state index is 0.153. The van der Waals surface area contributed by atoms with E-state index in [1.807, 2.05) is 49.4 Å². The van der Waals surface area contributed by atoms with Gasteiger partial charge in [-0.3, -0.25) is 9.78 Å². The van der Waals surface area contributed by atoms with Crippen molar-refractivity contribution in [3.8, 4) is 5.75 Å². The van der Waals surface area contributed by atoms with Crippen LogP contribution >= 0.6 is 0 Å². The van der Waals surface area contributed by atoms with Crippen LogP contribution in [-0.4, -0.2) is 28.0 Å². The molecule has 0 aliphatic rings. The zero-order valence-corrected chi connectivity index (χ0v) is 22.2. The van der Waals surface area contributed by atoms with Gasteiger partial charge in [0.05, 0.1) is 25.4 Å². The molecule has 1 amide bonds. The number of aromatic nitrogens is 3. The fourth-order valence-electron chi connectivity index (χ4n) is 4.03. The van der Waals surface area contributed by atoms with Crippen LogP contribution < -0.4 is 15.4 Å². The standard InChI is InChI=1S/C16H16N4O.C13H21NO2/c1-11-13-10-19-16(20-14(13)7-8-17-11)18-9-12-5-3-4-6-15(12)21-2;1-3-6-11(7-4-2)13(15)14-10-12-8-5-9-16-12/h3-8,10H,9H2,1-2H3,(H,18,19,20);5,8-9,11H,3-4,6-7,10H2,1-2H3,(H,14,15). The Kier molecular flexibility index (Phi) is 10.9. The minimum Gasteiger partial charge on any atom is -0.496 e. The first-order valence-corrected chi connectivity index (χ1v) is 12.8. The van der Waals surface area contributed by atoms with E-state index in [4.69, 9.17) is 9.15 Å². The second kappa shape index (κ2) is 14.6. The molecule has 0 aliphatic heterocycles. The second-order valence-electron chi connectivity index (χ2n) is 8.76. The van der Waals surface area contributed by atoms with Gasteiger partial charge in [0.25, 0.3) is 0 Å². The monoisotopic (exact) mass is 503 g/mol. The Balaban J connectivity index is 0.000000214. The van der Waals surface area contributed by atoms with Crippen LogP contribution in [0.4, 0.5) is 5.95 Å². The summed E-state index contributed by atoms with van der Waals surface area (Å²) in [4.78, 5) is 24.9. The summed E-state index contributed by atoms with van der Waals surface area (Å²) < 4.78 is 10.5. The molecular formula is C29H37N5O3. The third kappa shape index (κ3) is 8.31. The maximum Gasteiger partial charge on any atom is 0.223 e. The molecule has 196 valence electrons. The predicted molar refractivity (Wildman–Crippen MR) is 146 cm³/mol. The van der Waals surface area contributed by atoms with E-state index in [0.29, 0.717) is 19.0 Å². The van der Waals surface area contributed by atoms with Crippen LogP contribution in [0.1, 0.15) is 56.5 Å². The van der Waals surface area contributed by atoms with Crippen molar-refractivity contribution >= 4 is 22.8 Å². The lowest BCUT2D eigenvalue weighted by atomic mass is 9.97. The lowest BCUT2D eigenvalue weighted by Gasteiger charge is -2.14. The number of carbonyl (C=O) groups is 1. The molecule has 4 aromatic rings. The molecular weight excluding hydrogens is 466 g/mol. The van der Waals surface area contributed by atoms with E-state index in [1.54, 1.807) is 25.8 Å². The van der Waals surface area contributed by atoms with E-state index in [9.17, 15) is 4.79 Å². The number of rotatable bonds is 11. The van der Waals surface area contributed by atoms with Gasteiger partial charge in [0, 0.05) is 41.5 Å². The van der Waals surface area contributed by atoms with Gasteiger partial charge in [-0.1, -0.05) is 44.9 Å². The molecule has 4 rings (SSSR count). The van der Waals surface area contributed by atoms with Gasteiger partial charge in [-0.25, -0.2) is 9.97 Å². The number of ether oxygens (including phenoxy) is 1. The summed E-state index contributed by atoms with van der Waals surface area (Å²) in [6, 6.07) is 13.5. The summed E-state index contributed by atoms with van der Waals surface area (Å²) in [6.45, 7) is 7.29. The number of furan rings is 1. The normalized spacial score (nSPS) is 10.6. The van der Waals surface area contributed by atoms with Crippen molar-refractivity contribution in [2.24, 2.45) is 5.92 Å². The van der Waals surface area contributed by atoms with Crippen LogP contribution in [0, 0.1) is 12.8 Å². The molecule has 0 saturated heterocycles. The van der Waals surface area contributed by atoms with Gasteiger partial charge in [0.15, 0.2) is 0 Å². The number of fused-ring (bicyclic) bond motifs is 1. The number of amides is 1. The molecule has 8 heteroatoms. The minimum absolute atomic E-state index is 0.153. The number of hydrogen-bond acceptors (Lipinski definition) is 7. The molecule has 0 saturated carbocycles. The smallest absolute Gasteiger partial charge is 0.223 e. The Hall–Kier alpha value is -3.94. The van der Waals surface area contributed by atoms with Crippen LogP contribution in [0.15, 0.2) is 65.5 Å². The molecule has 37 heavy (non-hydrogen) atoms. The van der Waals surface area contributed by atoms with E-state index in [-0.39, 0.29) is 11.8 Å². The first kappa shape index (κ1) is 27.6. The summed E-state index contributed by atoms with van der Waals surface area (Å²) in [5.74, 6) is 2.56. The molecule has 0 aliphatic carbocycles. The number of carbonyl (C=O) groups excluding carboxylic acids is 1. The summed E-state index contributed by atoms with van der Waals surface area (Å²) in [5.41, 5.74) is 2.89. The summed E-state index contributed by atoms with van der Waals surface area (Å²) in [5, 5.41) is 7.12. The Morgan fingerprint density at radius 2 is 1.81 bits per heavy atom. The van der Waals surface area contributed by atoms with Crippen molar-refractivity contribution in [3.05, 3.63) is 78.1 Å². The van der Waals surface area contributed by atoms with E-state index < -0.39 is 0 Å². The van der Waals surface area contributed by atoms with E-state index in [0.717, 1.165) is 59.4 Å². The van der Waals surface area contributed by atoms with Crippen molar-refractivity contribution in [2.45, 2.75) is 59.5 Å². The fourth-order valence-corrected chi connectivity index (χ4v) is 4.03. The number of aryl methyl sites for hydroxylation is 1. The summed E-state index contributed by atoms with van der Waals surface area (Å²) >= 11 is 0. The predicted octanol–water partition coefficient (Wildman–Crippen LogP) is 6.07. The van der Waals surface area contributed by atoms with Gasteiger partial charge < -0.3 is 19.8 Å². The lowest BCUT2D eigenvalue weighted by molar-refractivity contribution is -0.125. The molecule has 2 N–H and O–H groups in total. The number of anilines is 1. The van der Waals surface area contributed by atoms with E-state index in [2.05, 4.69) is 39.4 Å². The number of nitrogens with zero attached hydrogens (tertiary/aromatic N) is 3. The van der Waals surface area contributed by atoms with Crippen molar-refractivity contribution in [1.29, 1.82) is 0 Å². The highest BCUT2D eigenvalue weighted by Crippen LogP contribution is 2.19. The van der Waals surface area contributed by atoms with Gasteiger partial charge in [0.1, 0.15) is 11.5 Å². The Labute approximate surface area is 218 Å². The maximum absolute atomic E-state index is 11.9. The molecule has 0 spiro atoms. The van der Waals surface area contributed by atoms with Crippen molar-refractivity contribution in [3.63, 3.8) is 0 Å². The first-order chi connectivity index (χ1) is 18.0. The number of hydrogen-bond donors (Lipinski definition) is 2. The summed E-state index contributed by atoms with van der Waals surface area (Å²) in [6.07, 6.45) is 9.23. The first-order valence-electron chi connectivity index (χ1n) is 12.8. The maximum atomic E-state index is 11.9. The third-order valence-electron chi connectivity index (χ3n) is 6.00. The summed E-state index contributed by atoms with van der Waals surface area (Å²) in [7, 11) is 1.67. The Morgan fingerprint density at radius 1 is 1.03 bits per heavy atom. The second-order valence-corrected chi connectivity index (χ2v) is 8.76. The van der Waals surface area contributed by atoms with Crippen molar-refractivity contribution < 1.29 is 13.9 Å². The highest BCUT2D eigenvalue weighted by molar-refractivity contribution is 5.80. The average Bonchev–Trinajstić information content (AvgIpc) is 3.45. The zero-order chi connectivity index (χ0) is 26.5. The SMILES string of the molecule is CCCC(CCC)C(=O)NCc1ccco1.COc1ccccc1CNc1ncc2c(C)nccc2n1. The molecule has 0 atom stereocenters. The van der Waals surface area contributed by atoms with Gasteiger partial charge >= 0.3 is 0 Å². The number of benzene rings is 1. The largest absolute Gasteiger partial charge is 0.496 e. The molecule has 0 radical (unpaired) electrons. The van der Waals surface area contributed by atoms with Gasteiger partial charge in [-0.05, 0) is 44.0 Å². The molecule has 0 fully saturated rings. The number of para-hydroxylation sites is 1. The highest BCUT2D eigenvalue weighted by Gasteiger charge is 2.16. The highest BCUT2D eigenvalue weighted by atomic mass is 16.5. The third-order valence-corrected chi connectivity index (χ3v) is 6.00. The van der Waals surface area contributed by atoms with Crippen LogP contribution in [-0.2, 0) is 17.9 Å². The molecule has 0 unspecified atom stereocenters. The molecule has 8 nitrogen and oxygen atoms in total. The zero-order valence-electron chi connectivity index (χ0n) is 22.2. The molecule has 1 aromatic carbocycles. The van der Waals surface area contributed by atoms with Gasteiger partial charge in [0.2, 0.25) is 11.9 Å². The number of methoxy groups -OCH3 is 1. The van der Waals surface area contributed by atoms with E-state index >= 15 is 0 Å². The molecule has 3 heterocycles. The van der Waals surface area contributed by atoms with Crippen molar-refractivity contribution in [2.75, 3.05) is 12.4 Å². The van der Waals surface area contributed by atoms with Gasteiger partial charge in [-0.15, -0.1) is 0 Å². The van der Waals surface area contributed by atoms with Crippen LogP contribution in [0.5, 0.6) is 5.75 Å². The van der Waals surface area contributed by atoms with Crippen LogP contribution in [0.3, 0.4) is 0 Å². The average molecular weight is 504 g/mol. The molecule has 0 bridgehead atoms. The molecule has 3 aromatic heterocycles. The van der Waals surface area contributed by atoms with Crippen LogP contribution in [0.2, 0.25) is 0 Å².